The minimum absolute atomic E-state index is 0.104. The second-order valence-electron chi connectivity index (χ2n) is 8.45. The molecule has 0 saturated carbocycles. The number of hydrogen-bond acceptors (Lipinski definition) is 4. The lowest BCUT2D eigenvalue weighted by atomic mass is 10.1. The number of anilines is 1. The Morgan fingerprint density at radius 2 is 1.81 bits per heavy atom. The molecule has 1 unspecified atom stereocenters. The molecule has 0 aromatic heterocycles. The Labute approximate surface area is 224 Å². The molecule has 1 N–H and O–H groups in total. The summed E-state index contributed by atoms with van der Waals surface area (Å²) in [6.07, 6.45) is 0.328. The SMILES string of the molecule is Cc1ccc(N2C(=O)C(Cc3ccc(Cl)cc3Cl)S/C2=C(/C#N)C(=O)NCc2ccccc2)cc1C. The van der Waals surface area contributed by atoms with Gasteiger partial charge in [0.15, 0.2) is 0 Å². The van der Waals surface area contributed by atoms with Crippen molar-refractivity contribution in [2.24, 2.45) is 0 Å². The fourth-order valence-electron chi connectivity index (χ4n) is 3.84. The maximum atomic E-state index is 13.7. The van der Waals surface area contributed by atoms with E-state index in [0.29, 0.717) is 27.2 Å². The number of carbonyl (C=O) groups is 2. The number of aryl methyl sites for hydroxylation is 2. The highest BCUT2D eigenvalue weighted by Gasteiger charge is 2.41. The number of carbonyl (C=O) groups excluding carboxylic acids is 2. The van der Waals surface area contributed by atoms with E-state index in [2.05, 4.69) is 5.32 Å². The molecule has 1 aliphatic heterocycles. The molecule has 5 nitrogen and oxygen atoms in total. The van der Waals surface area contributed by atoms with E-state index in [9.17, 15) is 14.9 Å². The maximum Gasteiger partial charge on any atom is 0.264 e. The second kappa shape index (κ2) is 11.2. The van der Waals surface area contributed by atoms with Gasteiger partial charge in [0.1, 0.15) is 16.7 Å². The first kappa shape index (κ1) is 25.8. The van der Waals surface area contributed by atoms with Gasteiger partial charge in [-0.05, 0) is 66.8 Å². The number of rotatable bonds is 6. The van der Waals surface area contributed by atoms with Crippen LogP contribution in [0.25, 0.3) is 0 Å². The number of nitrogens with zero attached hydrogens (tertiary/aromatic N) is 2. The average molecular weight is 536 g/mol. The molecule has 0 bridgehead atoms. The quantitative estimate of drug-likeness (QED) is 0.294. The Morgan fingerprint density at radius 1 is 1.06 bits per heavy atom. The molecule has 1 aliphatic rings. The van der Waals surface area contributed by atoms with Crippen molar-refractivity contribution in [3.05, 3.63) is 110 Å². The summed E-state index contributed by atoms with van der Waals surface area (Å²) in [7, 11) is 0. The van der Waals surface area contributed by atoms with E-state index < -0.39 is 11.2 Å². The fraction of sp³-hybridized carbons (Fsp3) is 0.179. The first-order valence-corrected chi connectivity index (χ1v) is 12.9. The molecule has 0 radical (unpaired) electrons. The van der Waals surface area contributed by atoms with Crippen molar-refractivity contribution in [3.63, 3.8) is 0 Å². The van der Waals surface area contributed by atoms with Crippen LogP contribution in [0, 0.1) is 25.2 Å². The van der Waals surface area contributed by atoms with E-state index in [1.807, 2.05) is 68.4 Å². The van der Waals surface area contributed by atoms with Crippen molar-refractivity contribution >= 4 is 52.5 Å². The molecule has 1 heterocycles. The predicted molar refractivity (Wildman–Crippen MR) is 146 cm³/mol. The standard InChI is InChI=1S/C28H23Cl2N3O2S/c1-17-8-11-22(12-18(17)2)33-27(35)25(13-20-9-10-21(29)14-24(20)30)36-28(33)23(15-31)26(34)32-16-19-6-4-3-5-7-19/h3-12,14,25H,13,16H2,1-2H3,(H,32,34)/b28-23-. The zero-order valence-corrected chi connectivity index (χ0v) is 22.0. The lowest BCUT2D eigenvalue weighted by molar-refractivity contribution is -0.117. The van der Waals surface area contributed by atoms with Crippen LogP contribution in [0.2, 0.25) is 10.0 Å². The van der Waals surface area contributed by atoms with E-state index >= 15 is 0 Å². The van der Waals surface area contributed by atoms with Crippen LogP contribution in [0.1, 0.15) is 22.3 Å². The Balaban J connectivity index is 1.71. The number of halogens is 2. The molecule has 1 fully saturated rings. The molecule has 0 aliphatic carbocycles. The van der Waals surface area contributed by atoms with Crippen molar-refractivity contribution in [3.8, 4) is 6.07 Å². The molecule has 1 atom stereocenters. The summed E-state index contributed by atoms with van der Waals surface area (Å²) in [4.78, 5) is 28.3. The fourth-order valence-corrected chi connectivity index (χ4v) is 5.62. The van der Waals surface area contributed by atoms with Crippen LogP contribution in [-0.4, -0.2) is 17.1 Å². The van der Waals surface area contributed by atoms with Crippen molar-refractivity contribution in [1.82, 2.24) is 5.32 Å². The van der Waals surface area contributed by atoms with Gasteiger partial charge in [0.2, 0.25) is 5.91 Å². The molecule has 36 heavy (non-hydrogen) atoms. The number of benzene rings is 3. The third-order valence-corrected chi connectivity index (χ3v) is 7.82. The molecule has 1 saturated heterocycles. The zero-order valence-electron chi connectivity index (χ0n) is 19.7. The van der Waals surface area contributed by atoms with E-state index in [-0.39, 0.29) is 18.0 Å². The van der Waals surface area contributed by atoms with Crippen LogP contribution in [0.5, 0.6) is 0 Å². The van der Waals surface area contributed by atoms with Crippen LogP contribution >= 0.6 is 35.0 Å². The van der Waals surface area contributed by atoms with Gasteiger partial charge >= 0.3 is 0 Å². The van der Waals surface area contributed by atoms with Crippen LogP contribution < -0.4 is 10.2 Å². The van der Waals surface area contributed by atoms with Crippen LogP contribution in [0.4, 0.5) is 5.69 Å². The number of hydrogen-bond donors (Lipinski definition) is 1. The van der Waals surface area contributed by atoms with Crippen molar-refractivity contribution in [2.75, 3.05) is 4.90 Å². The summed E-state index contributed by atoms with van der Waals surface area (Å²) >= 11 is 13.6. The van der Waals surface area contributed by atoms with E-state index in [4.69, 9.17) is 23.2 Å². The van der Waals surface area contributed by atoms with Gasteiger partial charge in [-0.15, -0.1) is 0 Å². The lowest BCUT2D eigenvalue weighted by Crippen LogP contribution is -2.32. The Morgan fingerprint density at radius 3 is 2.47 bits per heavy atom. The molecule has 3 aromatic rings. The first-order valence-electron chi connectivity index (χ1n) is 11.3. The van der Waals surface area contributed by atoms with Crippen LogP contribution in [0.15, 0.2) is 77.3 Å². The Bertz CT molecular complexity index is 1400. The molecule has 3 aromatic carbocycles. The van der Waals surface area contributed by atoms with Crippen molar-refractivity contribution in [2.45, 2.75) is 32.1 Å². The molecule has 2 amide bonds. The smallest absolute Gasteiger partial charge is 0.264 e. The summed E-state index contributed by atoms with van der Waals surface area (Å²) in [5.74, 6) is -0.747. The summed E-state index contributed by atoms with van der Waals surface area (Å²) in [5.41, 5.74) is 4.26. The average Bonchev–Trinajstić information content (AvgIpc) is 3.17. The number of nitriles is 1. The van der Waals surface area contributed by atoms with E-state index in [1.165, 1.54) is 16.7 Å². The van der Waals surface area contributed by atoms with Crippen molar-refractivity contribution in [1.29, 1.82) is 5.26 Å². The molecule has 8 heteroatoms. The molecular formula is C28H23Cl2N3O2S. The van der Waals surface area contributed by atoms with Gasteiger partial charge in [-0.2, -0.15) is 5.26 Å². The summed E-state index contributed by atoms with van der Waals surface area (Å²) in [6, 6.07) is 22.3. The third-order valence-electron chi connectivity index (χ3n) is 5.97. The molecule has 182 valence electrons. The van der Waals surface area contributed by atoms with Gasteiger partial charge in [0.25, 0.3) is 5.91 Å². The third kappa shape index (κ3) is 5.60. The van der Waals surface area contributed by atoms with Gasteiger partial charge in [-0.3, -0.25) is 14.5 Å². The Kier molecular flexibility index (Phi) is 8.05. The van der Waals surface area contributed by atoms with Gasteiger partial charge in [-0.1, -0.05) is 77.4 Å². The molecule has 4 rings (SSSR count). The highest BCUT2D eigenvalue weighted by molar-refractivity contribution is 8.05. The molecule has 0 spiro atoms. The summed E-state index contributed by atoms with van der Waals surface area (Å²) in [5, 5.41) is 13.5. The second-order valence-corrected chi connectivity index (χ2v) is 10.5. The number of nitrogens with one attached hydrogen (secondary N) is 1. The van der Waals surface area contributed by atoms with Gasteiger partial charge in [0.05, 0.1) is 5.25 Å². The highest BCUT2D eigenvalue weighted by atomic mass is 35.5. The summed E-state index contributed by atoms with van der Waals surface area (Å²) in [6.45, 7) is 4.21. The number of amides is 2. The van der Waals surface area contributed by atoms with Crippen LogP contribution in [0.3, 0.4) is 0 Å². The zero-order chi connectivity index (χ0) is 25.8. The molecular weight excluding hydrogens is 513 g/mol. The van der Waals surface area contributed by atoms with Gasteiger partial charge in [-0.25, -0.2) is 0 Å². The largest absolute Gasteiger partial charge is 0.347 e. The maximum absolute atomic E-state index is 13.7. The summed E-state index contributed by atoms with van der Waals surface area (Å²) < 4.78 is 0. The Hall–Kier alpha value is -3.24. The number of thioether (sulfide) groups is 1. The normalized spacial score (nSPS) is 16.6. The van der Waals surface area contributed by atoms with E-state index in [0.717, 1.165) is 22.3 Å². The van der Waals surface area contributed by atoms with E-state index in [1.54, 1.807) is 18.2 Å². The van der Waals surface area contributed by atoms with Crippen LogP contribution in [-0.2, 0) is 22.6 Å². The predicted octanol–water partition coefficient (Wildman–Crippen LogP) is 6.35. The monoisotopic (exact) mass is 535 g/mol. The minimum Gasteiger partial charge on any atom is -0.347 e. The van der Waals surface area contributed by atoms with Crippen molar-refractivity contribution < 1.29 is 9.59 Å². The lowest BCUT2D eigenvalue weighted by Gasteiger charge is -2.20. The highest BCUT2D eigenvalue weighted by Crippen LogP contribution is 2.43. The van der Waals surface area contributed by atoms with Gasteiger partial charge < -0.3 is 5.32 Å². The van der Waals surface area contributed by atoms with Gasteiger partial charge in [0, 0.05) is 22.3 Å². The minimum atomic E-state index is -0.564. The first-order chi connectivity index (χ1) is 17.3. The topological polar surface area (TPSA) is 73.2 Å².